The third-order valence-electron chi connectivity index (χ3n) is 4.94. The van der Waals surface area contributed by atoms with Gasteiger partial charge in [-0.1, -0.05) is 23.7 Å². The quantitative estimate of drug-likeness (QED) is 0.756. The number of carbonyl (C=O) groups excluding carboxylic acids is 1. The van der Waals surface area contributed by atoms with Crippen LogP contribution in [0.4, 0.5) is 5.82 Å². The van der Waals surface area contributed by atoms with Crippen molar-refractivity contribution in [1.82, 2.24) is 9.88 Å². The molecule has 144 valence electrons. The number of benzene rings is 1. The molecule has 5 nitrogen and oxygen atoms in total. The van der Waals surface area contributed by atoms with Crippen molar-refractivity contribution in [1.29, 1.82) is 0 Å². The number of ether oxygens (including phenoxy) is 1. The highest BCUT2D eigenvalue weighted by atomic mass is 35.5. The number of pyridine rings is 1. The minimum atomic E-state index is 0.0671. The Morgan fingerprint density at radius 2 is 2.07 bits per heavy atom. The molecular weight excluding hydrogens is 362 g/mol. The van der Waals surface area contributed by atoms with Crippen molar-refractivity contribution in [2.24, 2.45) is 5.92 Å². The Labute approximate surface area is 165 Å². The van der Waals surface area contributed by atoms with E-state index in [1.54, 1.807) is 11.1 Å². The number of nitrogens with zero attached hydrogens (tertiary/aromatic N) is 3. The van der Waals surface area contributed by atoms with Crippen LogP contribution in [-0.4, -0.2) is 49.1 Å². The van der Waals surface area contributed by atoms with E-state index in [-0.39, 0.29) is 11.8 Å². The predicted octanol–water partition coefficient (Wildman–Crippen LogP) is 3.80. The first kappa shape index (κ1) is 19.5. The van der Waals surface area contributed by atoms with Crippen molar-refractivity contribution < 1.29 is 9.53 Å². The molecule has 6 heteroatoms. The first-order valence-electron chi connectivity index (χ1n) is 9.34. The van der Waals surface area contributed by atoms with Gasteiger partial charge in [0.15, 0.2) is 0 Å². The van der Waals surface area contributed by atoms with Crippen LogP contribution in [0.2, 0.25) is 5.02 Å². The van der Waals surface area contributed by atoms with Crippen molar-refractivity contribution in [2.75, 3.05) is 38.2 Å². The summed E-state index contributed by atoms with van der Waals surface area (Å²) in [7, 11) is 1.86. The van der Waals surface area contributed by atoms with Crippen LogP contribution in [-0.2, 0) is 4.79 Å². The van der Waals surface area contributed by atoms with Crippen LogP contribution < -0.4 is 9.64 Å². The molecule has 1 aliphatic heterocycles. The zero-order valence-electron chi connectivity index (χ0n) is 15.9. The molecule has 1 saturated heterocycles. The number of anilines is 1. The monoisotopic (exact) mass is 387 g/mol. The number of halogens is 1. The van der Waals surface area contributed by atoms with E-state index >= 15 is 0 Å². The Morgan fingerprint density at radius 1 is 1.30 bits per heavy atom. The van der Waals surface area contributed by atoms with Crippen LogP contribution in [0.15, 0.2) is 42.6 Å². The summed E-state index contributed by atoms with van der Waals surface area (Å²) in [5.41, 5.74) is 1.17. The fraction of sp³-hybridized carbons (Fsp3) is 0.429. The number of carbonyl (C=O) groups is 1. The number of likely N-dealkylation sites (N-methyl/N-ethyl adjacent to an activating group) is 1. The van der Waals surface area contributed by atoms with Crippen molar-refractivity contribution in [3.63, 3.8) is 0 Å². The van der Waals surface area contributed by atoms with Gasteiger partial charge in [0.05, 0.1) is 11.6 Å². The summed E-state index contributed by atoms with van der Waals surface area (Å²) >= 11 is 5.90. The third-order valence-corrected chi connectivity index (χ3v) is 5.16. The van der Waals surface area contributed by atoms with Crippen LogP contribution in [0.1, 0.15) is 18.4 Å². The van der Waals surface area contributed by atoms with Crippen LogP contribution in [0.3, 0.4) is 0 Å². The lowest BCUT2D eigenvalue weighted by molar-refractivity contribution is -0.135. The van der Waals surface area contributed by atoms with Crippen molar-refractivity contribution in [3.8, 4) is 5.75 Å². The molecule has 0 unspecified atom stereocenters. The van der Waals surface area contributed by atoms with Crippen LogP contribution in [0, 0.1) is 12.8 Å². The molecule has 27 heavy (non-hydrogen) atoms. The number of hydrogen-bond donors (Lipinski definition) is 0. The number of aromatic nitrogens is 1. The average molecular weight is 388 g/mol. The predicted molar refractivity (Wildman–Crippen MR) is 108 cm³/mol. The number of amides is 1. The lowest BCUT2D eigenvalue weighted by Crippen LogP contribution is -2.42. The molecule has 0 spiro atoms. The molecule has 0 radical (unpaired) electrons. The fourth-order valence-corrected chi connectivity index (χ4v) is 3.45. The van der Waals surface area contributed by atoms with Gasteiger partial charge in [-0.25, -0.2) is 4.98 Å². The highest BCUT2D eigenvalue weighted by Crippen LogP contribution is 2.24. The molecule has 1 fully saturated rings. The largest absolute Gasteiger partial charge is 0.492 e. The van der Waals surface area contributed by atoms with E-state index in [4.69, 9.17) is 16.3 Å². The van der Waals surface area contributed by atoms with Gasteiger partial charge in [0.1, 0.15) is 18.2 Å². The van der Waals surface area contributed by atoms with Crippen LogP contribution in [0.25, 0.3) is 0 Å². The molecule has 0 saturated carbocycles. The Balaban J connectivity index is 1.43. The molecule has 1 amide bonds. The second-order valence-electron chi connectivity index (χ2n) is 7.02. The standard InChI is InChI=1S/C21H26ClN3O2/c1-16-4-3-5-19(14-16)27-13-12-24(2)21(26)17-8-10-25(11-9-17)20-7-6-18(22)15-23-20/h3-7,14-15,17H,8-13H2,1-2H3. The first-order chi connectivity index (χ1) is 13.0. The van der Waals surface area contributed by atoms with E-state index < -0.39 is 0 Å². The van der Waals surface area contributed by atoms with E-state index in [9.17, 15) is 4.79 Å². The summed E-state index contributed by atoms with van der Waals surface area (Å²) in [4.78, 5) is 21.1. The highest BCUT2D eigenvalue weighted by molar-refractivity contribution is 6.30. The van der Waals surface area contributed by atoms with Crippen LogP contribution >= 0.6 is 11.6 Å². The molecule has 0 atom stereocenters. The Bertz CT molecular complexity index is 758. The zero-order valence-corrected chi connectivity index (χ0v) is 16.7. The Hall–Kier alpha value is -2.27. The number of aryl methyl sites for hydroxylation is 1. The van der Waals surface area contributed by atoms with E-state index in [0.717, 1.165) is 37.5 Å². The average Bonchev–Trinajstić information content (AvgIpc) is 2.68. The molecule has 3 rings (SSSR count). The highest BCUT2D eigenvalue weighted by Gasteiger charge is 2.27. The maximum Gasteiger partial charge on any atom is 0.225 e. The minimum Gasteiger partial charge on any atom is -0.492 e. The summed E-state index contributed by atoms with van der Waals surface area (Å²) in [6.07, 6.45) is 3.34. The maximum absolute atomic E-state index is 12.7. The molecule has 2 aromatic rings. The molecule has 2 heterocycles. The van der Waals surface area contributed by atoms with Gasteiger partial charge in [-0.05, 0) is 49.6 Å². The van der Waals surface area contributed by atoms with E-state index in [1.807, 2.05) is 50.4 Å². The molecule has 1 aromatic carbocycles. The smallest absolute Gasteiger partial charge is 0.225 e. The molecule has 0 bridgehead atoms. The first-order valence-corrected chi connectivity index (χ1v) is 9.71. The SMILES string of the molecule is Cc1cccc(OCCN(C)C(=O)C2CCN(c3ccc(Cl)cn3)CC2)c1. The summed E-state index contributed by atoms with van der Waals surface area (Å²) < 4.78 is 5.76. The van der Waals surface area contributed by atoms with Gasteiger partial charge in [0, 0.05) is 32.3 Å². The molecule has 1 aliphatic rings. The van der Waals surface area contributed by atoms with Gasteiger partial charge in [-0.2, -0.15) is 0 Å². The minimum absolute atomic E-state index is 0.0671. The normalized spacial score (nSPS) is 14.9. The summed E-state index contributed by atoms with van der Waals surface area (Å²) in [5.74, 6) is 2.04. The van der Waals surface area contributed by atoms with Gasteiger partial charge < -0.3 is 14.5 Å². The molecule has 0 N–H and O–H groups in total. The molecular formula is C21H26ClN3O2. The lowest BCUT2D eigenvalue weighted by Gasteiger charge is -2.33. The summed E-state index contributed by atoms with van der Waals surface area (Å²) in [5, 5.41) is 0.637. The number of rotatable bonds is 6. The number of hydrogen-bond acceptors (Lipinski definition) is 4. The lowest BCUT2D eigenvalue weighted by atomic mass is 9.95. The van der Waals surface area contributed by atoms with Gasteiger partial charge in [-0.15, -0.1) is 0 Å². The maximum atomic E-state index is 12.7. The van der Waals surface area contributed by atoms with Gasteiger partial charge in [0.2, 0.25) is 5.91 Å². The fourth-order valence-electron chi connectivity index (χ4n) is 3.34. The second-order valence-corrected chi connectivity index (χ2v) is 7.46. The third kappa shape index (κ3) is 5.36. The Morgan fingerprint density at radius 3 is 2.74 bits per heavy atom. The Kier molecular flexibility index (Phi) is 6.56. The zero-order chi connectivity index (χ0) is 19.2. The van der Waals surface area contributed by atoms with Crippen molar-refractivity contribution in [2.45, 2.75) is 19.8 Å². The molecule has 0 aliphatic carbocycles. The van der Waals surface area contributed by atoms with E-state index in [2.05, 4.69) is 9.88 Å². The van der Waals surface area contributed by atoms with Crippen molar-refractivity contribution >= 4 is 23.3 Å². The second kappa shape index (κ2) is 9.09. The van der Waals surface area contributed by atoms with Gasteiger partial charge in [-0.3, -0.25) is 4.79 Å². The summed E-state index contributed by atoms with van der Waals surface area (Å²) in [6, 6.07) is 11.7. The van der Waals surface area contributed by atoms with Gasteiger partial charge in [0.25, 0.3) is 0 Å². The van der Waals surface area contributed by atoms with E-state index in [1.165, 1.54) is 5.56 Å². The molecule has 1 aromatic heterocycles. The number of piperidine rings is 1. The van der Waals surface area contributed by atoms with E-state index in [0.29, 0.717) is 18.2 Å². The summed E-state index contributed by atoms with van der Waals surface area (Å²) in [6.45, 7) is 4.79. The van der Waals surface area contributed by atoms with Crippen LogP contribution in [0.5, 0.6) is 5.75 Å². The van der Waals surface area contributed by atoms with Crippen molar-refractivity contribution in [3.05, 3.63) is 53.2 Å². The van der Waals surface area contributed by atoms with Gasteiger partial charge >= 0.3 is 0 Å². The topological polar surface area (TPSA) is 45.7 Å².